The van der Waals surface area contributed by atoms with Gasteiger partial charge in [0.15, 0.2) is 11.6 Å². The van der Waals surface area contributed by atoms with Crippen LogP contribution in [0.1, 0.15) is 48.2 Å². The molecule has 1 fully saturated rings. The third-order valence-electron chi connectivity index (χ3n) is 6.87. The minimum absolute atomic E-state index is 0.113. The normalized spacial score (nSPS) is 16.2. The van der Waals surface area contributed by atoms with Gasteiger partial charge in [-0.15, -0.1) is 0 Å². The van der Waals surface area contributed by atoms with Crippen molar-refractivity contribution in [2.75, 3.05) is 11.9 Å². The zero-order valence-corrected chi connectivity index (χ0v) is 23.4. The van der Waals surface area contributed by atoms with Gasteiger partial charge < -0.3 is 19.1 Å². The summed E-state index contributed by atoms with van der Waals surface area (Å²) in [5.74, 6) is -2.39. The Morgan fingerprint density at radius 1 is 1.02 bits per heavy atom. The highest BCUT2D eigenvalue weighted by atomic mass is 19.2. The summed E-state index contributed by atoms with van der Waals surface area (Å²) in [7, 11) is 0. The Morgan fingerprint density at radius 3 is 2.47 bits per heavy atom. The number of halogens is 2. The molecule has 3 aromatic rings. The fraction of sp³-hybridized carbons (Fsp3) is 0.290. The van der Waals surface area contributed by atoms with Gasteiger partial charge in [-0.2, -0.15) is 0 Å². The average molecular weight is 594 g/mol. The Bertz CT molecular complexity index is 1580. The van der Waals surface area contributed by atoms with Crippen molar-refractivity contribution in [3.05, 3.63) is 82.9 Å². The molecule has 1 saturated heterocycles. The SMILES string of the molecule is CC(C)COc1c(COC(=O)Nc2ccc(Oc3ccc(F)c(F)c3)cc2)ccc2c1C(=O)N(C1CCC(=O)NC1=O)C2. The number of carbonyl (C=O) groups excluding carboxylic acids is 4. The van der Waals surface area contributed by atoms with Crippen molar-refractivity contribution < 1.29 is 42.2 Å². The smallest absolute Gasteiger partial charge is 0.411 e. The van der Waals surface area contributed by atoms with Crippen LogP contribution >= 0.6 is 0 Å². The van der Waals surface area contributed by atoms with Gasteiger partial charge in [0, 0.05) is 30.3 Å². The number of nitrogens with zero attached hydrogens (tertiary/aromatic N) is 1. The molecular formula is C31H29F2N3O7. The Balaban J connectivity index is 1.25. The molecule has 2 N–H and O–H groups in total. The number of carbonyl (C=O) groups is 4. The highest BCUT2D eigenvalue weighted by molar-refractivity contribution is 6.06. The molecule has 0 radical (unpaired) electrons. The Morgan fingerprint density at radius 2 is 1.77 bits per heavy atom. The van der Waals surface area contributed by atoms with E-state index in [0.29, 0.717) is 34.7 Å². The lowest BCUT2D eigenvalue weighted by Crippen LogP contribution is -2.52. The monoisotopic (exact) mass is 593 g/mol. The van der Waals surface area contributed by atoms with Gasteiger partial charge in [0.05, 0.1) is 12.2 Å². The number of fused-ring (bicyclic) bond motifs is 1. The molecule has 0 bridgehead atoms. The van der Waals surface area contributed by atoms with Crippen LogP contribution in [0.3, 0.4) is 0 Å². The minimum atomic E-state index is -1.03. The van der Waals surface area contributed by atoms with Crippen molar-refractivity contribution in [2.24, 2.45) is 5.92 Å². The fourth-order valence-electron chi connectivity index (χ4n) is 4.77. The maximum atomic E-state index is 13.5. The molecule has 2 aliphatic rings. The predicted octanol–water partition coefficient (Wildman–Crippen LogP) is 5.30. The summed E-state index contributed by atoms with van der Waals surface area (Å²) >= 11 is 0. The van der Waals surface area contributed by atoms with Gasteiger partial charge in [-0.05, 0) is 54.3 Å². The molecule has 0 aliphatic carbocycles. The molecule has 10 nitrogen and oxygen atoms in total. The van der Waals surface area contributed by atoms with E-state index in [9.17, 15) is 28.0 Å². The van der Waals surface area contributed by atoms with Crippen molar-refractivity contribution in [1.82, 2.24) is 10.2 Å². The number of hydrogen-bond acceptors (Lipinski definition) is 7. The second-order valence-corrected chi connectivity index (χ2v) is 10.6. The van der Waals surface area contributed by atoms with Gasteiger partial charge in [-0.25, -0.2) is 13.6 Å². The first-order valence-electron chi connectivity index (χ1n) is 13.7. The summed E-state index contributed by atoms with van der Waals surface area (Å²) in [5, 5.41) is 4.88. The summed E-state index contributed by atoms with van der Waals surface area (Å²) in [6.07, 6.45) is -0.382. The van der Waals surface area contributed by atoms with Crippen LogP contribution < -0.4 is 20.1 Å². The number of hydrogen-bond donors (Lipinski definition) is 2. The Labute approximate surface area is 245 Å². The van der Waals surface area contributed by atoms with E-state index in [-0.39, 0.29) is 55.2 Å². The second-order valence-electron chi connectivity index (χ2n) is 10.6. The van der Waals surface area contributed by atoms with Gasteiger partial charge in [-0.3, -0.25) is 25.0 Å². The van der Waals surface area contributed by atoms with E-state index >= 15 is 0 Å². The van der Waals surface area contributed by atoms with E-state index in [1.54, 1.807) is 24.3 Å². The van der Waals surface area contributed by atoms with Crippen LogP contribution in [-0.2, 0) is 27.5 Å². The molecule has 1 atom stereocenters. The standard InChI is InChI=1S/C31H29F2N3O7/c1-17(2)15-41-28-19(4-3-18-14-36(30(39)27(18)28)25-11-12-26(37)35-29(25)38)16-42-31(40)34-20-5-7-21(8-6-20)43-22-9-10-23(32)24(33)13-22/h3-10,13,17,25H,11-12,14-16H2,1-2H3,(H,34,40)(H,35,37,38). The van der Waals surface area contributed by atoms with Crippen LogP contribution in [0.15, 0.2) is 54.6 Å². The zero-order valence-electron chi connectivity index (χ0n) is 23.4. The lowest BCUT2D eigenvalue weighted by molar-refractivity contribution is -0.136. The third kappa shape index (κ3) is 6.74. The van der Waals surface area contributed by atoms with Crippen molar-refractivity contribution in [3.8, 4) is 17.2 Å². The molecule has 224 valence electrons. The summed E-state index contributed by atoms with van der Waals surface area (Å²) in [6, 6.07) is 12.0. The molecule has 5 rings (SSSR count). The number of amides is 4. The first-order valence-corrected chi connectivity index (χ1v) is 13.7. The minimum Gasteiger partial charge on any atom is -0.492 e. The number of piperidine rings is 1. The quantitative estimate of drug-likeness (QED) is 0.323. The molecular weight excluding hydrogens is 564 g/mol. The van der Waals surface area contributed by atoms with E-state index < -0.39 is 29.7 Å². The summed E-state index contributed by atoms with van der Waals surface area (Å²) in [5.41, 5.74) is 1.85. The number of anilines is 1. The van der Waals surface area contributed by atoms with Crippen LogP contribution in [0.5, 0.6) is 17.2 Å². The van der Waals surface area contributed by atoms with Crippen LogP contribution in [0.4, 0.5) is 19.3 Å². The van der Waals surface area contributed by atoms with Gasteiger partial charge >= 0.3 is 6.09 Å². The molecule has 1 unspecified atom stereocenters. The first-order chi connectivity index (χ1) is 20.6. The molecule has 2 heterocycles. The molecule has 12 heteroatoms. The van der Waals surface area contributed by atoms with Gasteiger partial charge in [0.1, 0.15) is 29.9 Å². The van der Waals surface area contributed by atoms with Gasteiger partial charge in [-0.1, -0.05) is 26.0 Å². The topological polar surface area (TPSA) is 123 Å². The third-order valence-corrected chi connectivity index (χ3v) is 6.87. The summed E-state index contributed by atoms with van der Waals surface area (Å²) in [4.78, 5) is 51.6. The highest BCUT2D eigenvalue weighted by Gasteiger charge is 2.41. The molecule has 43 heavy (non-hydrogen) atoms. The van der Waals surface area contributed by atoms with Gasteiger partial charge in [0.2, 0.25) is 11.8 Å². The van der Waals surface area contributed by atoms with Crippen LogP contribution in [0.2, 0.25) is 0 Å². The van der Waals surface area contributed by atoms with Crippen molar-refractivity contribution in [1.29, 1.82) is 0 Å². The summed E-state index contributed by atoms with van der Waals surface area (Å²) in [6.45, 7) is 4.21. The molecule has 4 amide bonds. The number of imide groups is 1. The van der Waals surface area contributed by atoms with E-state index in [2.05, 4.69) is 10.6 Å². The maximum absolute atomic E-state index is 13.5. The van der Waals surface area contributed by atoms with Crippen molar-refractivity contribution >= 4 is 29.5 Å². The lowest BCUT2D eigenvalue weighted by atomic mass is 10.0. The van der Waals surface area contributed by atoms with E-state index in [4.69, 9.17) is 14.2 Å². The van der Waals surface area contributed by atoms with Crippen LogP contribution in [0.25, 0.3) is 0 Å². The Hall–Kier alpha value is -5.00. The molecule has 0 aromatic heterocycles. The van der Waals surface area contributed by atoms with Crippen LogP contribution in [-0.4, -0.2) is 41.4 Å². The van der Waals surface area contributed by atoms with Crippen molar-refractivity contribution in [2.45, 2.75) is 45.9 Å². The molecule has 3 aromatic carbocycles. The number of nitrogens with one attached hydrogen (secondary N) is 2. The van der Waals surface area contributed by atoms with Gasteiger partial charge in [0.25, 0.3) is 5.91 Å². The van der Waals surface area contributed by atoms with Crippen molar-refractivity contribution in [3.63, 3.8) is 0 Å². The molecule has 0 spiro atoms. The fourth-order valence-corrected chi connectivity index (χ4v) is 4.77. The second kappa shape index (κ2) is 12.5. The zero-order chi connectivity index (χ0) is 30.7. The molecule has 0 saturated carbocycles. The largest absolute Gasteiger partial charge is 0.492 e. The van der Waals surface area contributed by atoms with E-state index in [1.165, 1.54) is 23.1 Å². The Kier molecular flexibility index (Phi) is 8.56. The maximum Gasteiger partial charge on any atom is 0.411 e. The van der Waals surface area contributed by atoms with E-state index in [0.717, 1.165) is 12.1 Å². The highest BCUT2D eigenvalue weighted by Crippen LogP contribution is 2.37. The number of ether oxygens (including phenoxy) is 3. The lowest BCUT2D eigenvalue weighted by Gasteiger charge is -2.29. The predicted molar refractivity (Wildman–Crippen MR) is 150 cm³/mol. The number of benzene rings is 3. The number of rotatable bonds is 9. The van der Waals surface area contributed by atoms with E-state index in [1.807, 2.05) is 13.8 Å². The molecule has 2 aliphatic heterocycles. The van der Waals surface area contributed by atoms with Crippen LogP contribution in [0, 0.1) is 17.6 Å². The average Bonchev–Trinajstić information content (AvgIpc) is 3.30. The first kappa shape index (κ1) is 29.5. The summed E-state index contributed by atoms with van der Waals surface area (Å²) < 4.78 is 43.5.